The molecular formula is C8H14N3+. The maximum atomic E-state index is 8.68. The molecule has 0 aromatic heterocycles. The van der Waals surface area contributed by atoms with Crippen LogP contribution < -0.4 is 4.90 Å². The summed E-state index contributed by atoms with van der Waals surface area (Å²) in [5.41, 5.74) is 0.443. The van der Waals surface area contributed by atoms with Gasteiger partial charge in [-0.15, -0.1) is 0 Å². The molecule has 0 amide bonds. The van der Waals surface area contributed by atoms with Gasteiger partial charge >= 0.3 is 0 Å². The molecule has 60 valence electrons. The lowest BCUT2D eigenvalue weighted by molar-refractivity contribution is -0.909. The predicted octanol–water partition coefficient (Wildman–Crippen LogP) is -0.547. The van der Waals surface area contributed by atoms with E-state index >= 15 is 0 Å². The molecule has 0 bridgehead atoms. The first-order valence-corrected chi connectivity index (χ1v) is 3.81. The van der Waals surface area contributed by atoms with E-state index in [9.17, 15) is 0 Å². The summed E-state index contributed by atoms with van der Waals surface area (Å²) < 4.78 is 0. The largest absolute Gasteiger partial charge is 0.327 e. The van der Waals surface area contributed by atoms with Crippen molar-refractivity contribution in [2.24, 2.45) is 5.92 Å². The van der Waals surface area contributed by atoms with Gasteiger partial charge in [-0.3, -0.25) is 0 Å². The summed E-state index contributed by atoms with van der Waals surface area (Å²) in [5.74, 6) is -0.162. The van der Waals surface area contributed by atoms with E-state index in [4.69, 9.17) is 10.7 Å². The van der Waals surface area contributed by atoms with Gasteiger partial charge in [0, 0.05) is 0 Å². The van der Waals surface area contributed by atoms with E-state index in [1.165, 1.54) is 4.90 Å². The third kappa shape index (κ3) is 1.04. The van der Waals surface area contributed by atoms with E-state index in [1.54, 1.807) is 0 Å². The number of hydrogen-bond acceptors (Lipinski definition) is 2. The smallest absolute Gasteiger partial charge is 0.139 e. The van der Waals surface area contributed by atoms with Crippen LogP contribution in [-0.2, 0) is 0 Å². The topological polar surface area (TPSA) is 52.1 Å². The predicted molar refractivity (Wildman–Crippen MR) is 42.7 cm³/mol. The normalized spacial score (nSPS) is 35.3. The first kappa shape index (κ1) is 8.22. The molecule has 2 atom stereocenters. The van der Waals surface area contributed by atoms with Crippen LogP contribution in [0, 0.1) is 22.7 Å². The molecule has 3 heteroatoms. The molecule has 0 aliphatic carbocycles. The molecule has 2 N–H and O–H groups in total. The molecule has 3 nitrogen and oxygen atoms in total. The highest BCUT2D eigenvalue weighted by Crippen LogP contribution is 2.13. The van der Waals surface area contributed by atoms with Gasteiger partial charge in [0.25, 0.3) is 0 Å². The first-order chi connectivity index (χ1) is 5.00. The van der Waals surface area contributed by atoms with Gasteiger partial charge in [-0.05, 0) is 13.8 Å². The van der Waals surface area contributed by atoms with Crippen molar-refractivity contribution in [1.82, 2.24) is 0 Å². The maximum Gasteiger partial charge on any atom is 0.139 e. The Morgan fingerprint density at radius 3 is 2.45 bits per heavy atom. The number of likely N-dealkylation sites (tertiary alicyclic amines) is 1. The zero-order valence-electron chi connectivity index (χ0n) is 7.23. The Kier molecular flexibility index (Phi) is 1.73. The van der Waals surface area contributed by atoms with Crippen LogP contribution in [-0.4, -0.2) is 24.8 Å². The third-order valence-corrected chi connectivity index (χ3v) is 2.75. The standard InChI is InChI=1S/C8H13N3/c1-8(2)7(10)6(4-9)5-11(8)3/h6,10H,5H2,1-3H3/p+1. The minimum atomic E-state index is -0.162. The third-order valence-electron chi connectivity index (χ3n) is 2.75. The molecule has 0 spiro atoms. The molecule has 11 heavy (non-hydrogen) atoms. The molecule has 1 heterocycles. The fraction of sp³-hybridized carbons (Fsp3) is 0.750. The van der Waals surface area contributed by atoms with Gasteiger partial charge in [0.15, 0.2) is 0 Å². The van der Waals surface area contributed by atoms with Crippen molar-refractivity contribution in [2.75, 3.05) is 13.6 Å². The maximum absolute atomic E-state index is 8.68. The van der Waals surface area contributed by atoms with E-state index in [2.05, 4.69) is 6.07 Å². The first-order valence-electron chi connectivity index (χ1n) is 3.81. The van der Waals surface area contributed by atoms with Gasteiger partial charge in [0.2, 0.25) is 0 Å². The van der Waals surface area contributed by atoms with Crippen molar-refractivity contribution in [2.45, 2.75) is 19.4 Å². The van der Waals surface area contributed by atoms with Crippen molar-refractivity contribution in [3.63, 3.8) is 0 Å². The van der Waals surface area contributed by atoms with Crippen LogP contribution in [0.2, 0.25) is 0 Å². The molecule has 0 aromatic rings. The highest BCUT2D eigenvalue weighted by Gasteiger charge is 2.45. The summed E-state index contributed by atoms with van der Waals surface area (Å²) in [6.07, 6.45) is 0. The average Bonchev–Trinajstić information content (AvgIpc) is 2.14. The summed E-state index contributed by atoms with van der Waals surface area (Å²) >= 11 is 0. The molecule has 1 saturated heterocycles. The summed E-state index contributed by atoms with van der Waals surface area (Å²) in [5, 5.41) is 16.4. The van der Waals surface area contributed by atoms with Crippen LogP contribution in [0.3, 0.4) is 0 Å². The summed E-state index contributed by atoms with van der Waals surface area (Å²) in [4.78, 5) is 1.26. The van der Waals surface area contributed by atoms with Gasteiger partial charge in [-0.2, -0.15) is 5.26 Å². The van der Waals surface area contributed by atoms with Crippen LogP contribution in [0.4, 0.5) is 0 Å². The van der Waals surface area contributed by atoms with Gasteiger partial charge in [-0.1, -0.05) is 0 Å². The SMILES string of the molecule is C[NH+]1CC(C#N)C(=N)C1(C)C. The lowest BCUT2D eigenvalue weighted by Gasteiger charge is -2.23. The van der Waals surface area contributed by atoms with Crippen molar-refractivity contribution in [3.05, 3.63) is 0 Å². The fourth-order valence-corrected chi connectivity index (χ4v) is 1.44. The molecule has 0 saturated carbocycles. The highest BCUT2D eigenvalue weighted by atomic mass is 15.2. The van der Waals surface area contributed by atoms with Gasteiger partial charge < -0.3 is 10.3 Å². The van der Waals surface area contributed by atoms with E-state index in [1.807, 2.05) is 20.9 Å². The summed E-state index contributed by atoms with van der Waals surface area (Å²) in [6.45, 7) is 4.81. The minimum Gasteiger partial charge on any atom is -0.327 e. The molecule has 1 rings (SSSR count). The lowest BCUT2D eigenvalue weighted by Crippen LogP contribution is -3.15. The molecule has 1 aliphatic rings. The van der Waals surface area contributed by atoms with Crippen LogP contribution in [0.5, 0.6) is 0 Å². The lowest BCUT2D eigenvalue weighted by atomic mass is 9.95. The average molecular weight is 152 g/mol. The Labute approximate surface area is 67.1 Å². The Bertz CT molecular complexity index is 224. The van der Waals surface area contributed by atoms with Crippen LogP contribution in [0.15, 0.2) is 0 Å². The number of hydrogen-bond donors (Lipinski definition) is 2. The molecule has 0 aromatic carbocycles. The zero-order valence-corrected chi connectivity index (χ0v) is 7.23. The number of nitriles is 1. The van der Waals surface area contributed by atoms with Crippen molar-refractivity contribution in [1.29, 1.82) is 10.7 Å². The van der Waals surface area contributed by atoms with Crippen molar-refractivity contribution >= 4 is 5.71 Å². The Morgan fingerprint density at radius 1 is 1.73 bits per heavy atom. The Hall–Kier alpha value is -0.880. The van der Waals surface area contributed by atoms with Crippen molar-refractivity contribution < 1.29 is 4.90 Å². The van der Waals surface area contributed by atoms with E-state index in [-0.39, 0.29) is 11.5 Å². The second-order valence-corrected chi connectivity index (χ2v) is 3.70. The quantitative estimate of drug-likeness (QED) is 0.481. The van der Waals surface area contributed by atoms with Gasteiger partial charge in [0.1, 0.15) is 11.5 Å². The van der Waals surface area contributed by atoms with E-state index in [0.29, 0.717) is 5.71 Å². The number of rotatable bonds is 0. The molecular weight excluding hydrogens is 138 g/mol. The van der Waals surface area contributed by atoms with Crippen LogP contribution >= 0.6 is 0 Å². The number of quaternary nitrogens is 1. The molecule has 2 unspecified atom stereocenters. The fourth-order valence-electron chi connectivity index (χ4n) is 1.44. The second-order valence-electron chi connectivity index (χ2n) is 3.70. The van der Waals surface area contributed by atoms with Crippen LogP contribution in [0.25, 0.3) is 0 Å². The molecule has 1 fully saturated rings. The number of nitrogens with zero attached hydrogens (tertiary/aromatic N) is 1. The molecule has 0 radical (unpaired) electrons. The summed E-state index contributed by atoms with van der Waals surface area (Å²) in [6, 6.07) is 2.15. The number of nitrogens with one attached hydrogen (secondary N) is 2. The zero-order chi connectivity index (χ0) is 8.65. The highest BCUT2D eigenvalue weighted by molar-refractivity contribution is 5.94. The van der Waals surface area contributed by atoms with Crippen LogP contribution in [0.1, 0.15) is 13.8 Å². The van der Waals surface area contributed by atoms with E-state index in [0.717, 1.165) is 6.54 Å². The monoisotopic (exact) mass is 152 g/mol. The Morgan fingerprint density at radius 2 is 2.27 bits per heavy atom. The second kappa shape index (κ2) is 2.31. The van der Waals surface area contributed by atoms with E-state index < -0.39 is 0 Å². The molecule has 1 aliphatic heterocycles. The summed E-state index contributed by atoms with van der Waals surface area (Å²) in [7, 11) is 2.03. The minimum absolute atomic E-state index is 0.138. The van der Waals surface area contributed by atoms with Gasteiger partial charge in [-0.25, -0.2) is 0 Å². The van der Waals surface area contributed by atoms with Gasteiger partial charge in [0.05, 0.1) is 25.4 Å². The Balaban J connectivity index is 2.91. The van der Waals surface area contributed by atoms with Crippen molar-refractivity contribution in [3.8, 4) is 6.07 Å².